The highest BCUT2D eigenvalue weighted by atomic mass is 16.2. The summed E-state index contributed by atoms with van der Waals surface area (Å²) in [5.74, 6) is 0.0585. The van der Waals surface area contributed by atoms with Crippen LogP contribution < -0.4 is 0 Å². The zero-order valence-corrected chi connectivity index (χ0v) is 13.6. The van der Waals surface area contributed by atoms with E-state index < -0.39 is 0 Å². The smallest absolute Gasteiger partial charge is 0.256 e. The SMILES string of the molecule is Cc1c2c(nc3c1CN(C(=O)c1ccc4cncn4c1)C3)CCC2. The molecule has 3 aromatic rings. The Balaban J connectivity index is 1.48. The van der Waals surface area contributed by atoms with Crippen molar-refractivity contribution in [1.29, 1.82) is 0 Å². The molecule has 1 aliphatic carbocycles. The largest absolute Gasteiger partial charge is 0.328 e. The van der Waals surface area contributed by atoms with Crippen molar-refractivity contribution < 1.29 is 4.79 Å². The third-order valence-corrected chi connectivity index (χ3v) is 5.34. The number of hydrogen-bond donors (Lipinski definition) is 0. The van der Waals surface area contributed by atoms with Gasteiger partial charge in [-0.2, -0.15) is 0 Å². The molecule has 3 aromatic heterocycles. The molecule has 0 fully saturated rings. The fourth-order valence-electron chi connectivity index (χ4n) is 4.02. The second kappa shape index (κ2) is 4.90. The molecule has 0 bridgehead atoms. The van der Waals surface area contributed by atoms with E-state index >= 15 is 0 Å². The quantitative estimate of drug-likeness (QED) is 0.693. The molecular weight excluding hydrogens is 300 g/mol. The molecule has 0 N–H and O–H groups in total. The van der Waals surface area contributed by atoms with Gasteiger partial charge in [0.2, 0.25) is 0 Å². The first-order valence-electron chi connectivity index (χ1n) is 8.42. The molecule has 0 aromatic carbocycles. The highest BCUT2D eigenvalue weighted by molar-refractivity contribution is 5.94. The lowest BCUT2D eigenvalue weighted by Crippen LogP contribution is -2.25. The summed E-state index contributed by atoms with van der Waals surface area (Å²) in [4.78, 5) is 23.8. The maximum Gasteiger partial charge on any atom is 0.256 e. The van der Waals surface area contributed by atoms with E-state index in [2.05, 4.69) is 11.9 Å². The predicted molar refractivity (Wildman–Crippen MR) is 89.8 cm³/mol. The Morgan fingerprint density at radius 2 is 2.04 bits per heavy atom. The third kappa shape index (κ3) is 1.90. The molecule has 4 heterocycles. The number of carbonyl (C=O) groups excluding carboxylic acids is 1. The van der Waals surface area contributed by atoms with E-state index in [0.717, 1.165) is 24.1 Å². The lowest BCUT2D eigenvalue weighted by Gasteiger charge is -2.15. The molecule has 0 unspecified atom stereocenters. The number of aryl methyl sites for hydroxylation is 1. The number of fused-ring (bicyclic) bond motifs is 3. The highest BCUT2D eigenvalue weighted by Gasteiger charge is 2.30. The minimum atomic E-state index is 0.0585. The normalized spacial score (nSPS) is 15.8. The summed E-state index contributed by atoms with van der Waals surface area (Å²) < 4.78 is 1.88. The summed E-state index contributed by atoms with van der Waals surface area (Å²) in [6.07, 6.45) is 8.78. The van der Waals surface area contributed by atoms with E-state index in [1.807, 2.05) is 27.6 Å². The Morgan fingerprint density at radius 1 is 1.12 bits per heavy atom. The van der Waals surface area contributed by atoms with Gasteiger partial charge in [0, 0.05) is 18.4 Å². The molecule has 5 rings (SSSR count). The summed E-state index contributed by atoms with van der Waals surface area (Å²) in [7, 11) is 0. The number of rotatable bonds is 1. The molecular formula is C19H18N4O. The number of carbonyl (C=O) groups is 1. The summed E-state index contributed by atoms with van der Waals surface area (Å²) in [5, 5.41) is 0. The number of aromatic nitrogens is 3. The molecule has 24 heavy (non-hydrogen) atoms. The van der Waals surface area contributed by atoms with E-state index in [4.69, 9.17) is 4.98 Å². The fourth-order valence-corrected chi connectivity index (χ4v) is 4.02. The topological polar surface area (TPSA) is 50.5 Å². The van der Waals surface area contributed by atoms with Gasteiger partial charge in [-0.25, -0.2) is 4.98 Å². The second-order valence-corrected chi connectivity index (χ2v) is 6.75. The van der Waals surface area contributed by atoms with Gasteiger partial charge in [-0.3, -0.25) is 9.78 Å². The van der Waals surface area contributed by atoms with Gasteiger partial charge < -0.3 is 9.30 Å². The standard InChI is InChI=1S/C19H18N4O/c1-12-15-3-2-4-17(15)21-18-10-22(9-16(12)18)19(24)13-5-6-14-7-20-11-23(14)8-13/h5-8,11H,2-4,9-10H2,1H3. The van der Waals surface area contributed by atoms with Crippen molar-refractivity contribution in [2.45, 2.75) is 39.3 Å². The van der Waals surface area contributed by atoms with E-state index in [-0.39, 0.29) is 5.91 Å². The molecule has 5 nitrogen and oxygen atoms in total. The lowest BCUT2D eigenvalue weighted by molar-refractivity contribution is 0.0750. The van der Waals surface area contributed by atoms with Crippen molar-refractivity contribution in [2.24, 2.45) is 0 Å². The van der Waals surface area contributed by atoms with E-state index in [1.165, 1.54) is 28.8 Å². The molecule has 120 valence electrons. The maximum atomic E-state index is 12.9. The van der Waals surface area contributed by atoms with Gasteiger partial charge >= 0.3 is 0 Å². The average molecular weight is 318 g/mol. The number of pyridine rings is 2. The molecule has 0 radical (unpaired) electrons. The first-order chi connectivity index (χ1) is 11.7. The summed E-state index contributed by atoms with van der Waals surface area (Å²) >= 11 is 0. The molecule has 0 saturated heterocycles. The van der Waals surface area contributed by atoms with Gasteiger partial charge in [0.05, 0.1) is 35.8 Å². The molecule has 1 aliphatic heterocycles. The molecule has 0 spiro atoms. The van der Waals surface area contributed by atoms with Crippen molar-refractivity contribution in [3.05, 3.63) is 64.5 Å². The monoisotopic (exact) mass is 318 g/mol. The Labute approximate surface area is 140 Å². The molecule has 5 heteroatoms. The van der Waals surface area contributed by atoms with Crippen LogP contribution in [0.2, 0.25) is 0 Å². The zero-order valence-electron chi connectivity index (χ0n) is 13.6. The highest BCUT2D eigenvalue weighted by Crippen LogP contribution is 2.32. The Bertz CT molecular complexity index is 988. The van der Waals surface area contributed by atoms with Crippen LogP contribution in [0.4, 0.5) is 0 Å². The first kappa shape index (κ1) is 13.7. The van der Waals surface area contributed by atoms with E-state index in [9.17, 15) is 4.79 Å². The van der Waals surface area contributed by atoms with Crippen LogP contribution in [0.15, 0.2) is 30.9 Å². The number of amides is 1. The first-order valence-corrected chi connectivity index (χ1v) is 8.42. The molecule has 0 saturated carbocycles. The van der Waals surface area contributed by atoms with Gasteiger partial charge in [-0.1, -0.05) is 0 Å². The van der Waals surface area contributed by atoms with Crippen LogP contribution in [0.3, 0.4) is 0 Å². The lowest BCUT2D eigenvalue weighted by atomic mass is 10.0. The van der Waals surface area contributed by atoms with Gasteiger partial charge in [0.15, 0.2) is 0 Å². The predicted octanol–water partition coefficient (Wildman–Crippen LogP) is 2.68. The van der Waals surface area contributed by atoms with Gasteiger partial charge in [-0.05, 0) is 55.0 Å². The van der Waals surface area contributed by atoms with Crippen LogP contribution in [0.1, 0.15) is 44.9 Å². The summed E-state index contributed by atoms with van der Waals surface area (Å²) in [6.45, 7) is 3.47. The van der Waals surface area contributed by atoms with Crippen LogP contribution in [-0.2, 0) is 25.9 Å². The number of imidazole rings is 1. The minimum absolute atomic E-state index is 0.0585. The van der Waals surface area contributed by atoms with E-state index in [0.29, 0.717) is 18.7 Å². The second-order valence-electron chi connectivity index (χ2n) is 6.75. The van der Waals surface area contributed by atoms with Crippen LogP contribution >= 0.6 is 0 Å². The molecule has 0 atom stereocenters. The van der Waals surface area contributed by atoms with Crippen LogP contribution in [0.5, 0.6) is 0 Å². The van der Waals surface area contributed by atoms with Crippen LogP contribution in [-0.4, -0.2) is 25.2 Å². The Hall–Kier alpha value is -2.69. The Kier molecular flexibility index (Phi) is 2.80. The summed E-state index contributed by atoms with van der Waals surface area (Å²) in [6, 6.07) is 3.81. The van der Waals surface area contributed by atoms with Crippen LogP contribution in [0, 0.1) is 6.92 Å². The van der Waals surface area contributed by atoms with E-state index in [1.54, 1.807) is 12.5 Å². The van der Waals surface area contributed by atoms with Crippen molar-refractivity contribution in [3.63, 3.8) is 0 Å². The number of nitrogens with zero attached hydrogens (tertiary/aromatic N) is 4. The van der Waals surface area contributed by atoms with Gasteiger partial charge in [0.1, 0.15) is 0 Å². The van der Waals surface area contributed by atoms with Gasteiger partial charge in [0.25, 0.3) is 5.91 Å². The molecule has 1 amide bonds. The Morgan fingerprint density at radius 3 is 2.96 bits per heavy atom. The van der Waals surface area contributed by atoms with Crippen molar-refractivity contribution >= 4 is 11.4 Å². The minimum Gasteiger partial charge on any atom is -0.328 e. The fraction of sp³-hybridized carbons (Fsp3) is 0.316. The van der Waals surface area contributed by atoms with Gasteiger partial charge in [-0.15, -0.1) is 0 Å². The maximum absolute atomic E-state index is 12.9. The molecule has 2 aliphatic rings. The third-order valence-electron chi connectivity index (χ3n) is 5.34. The number of hydrogen-bond acceptors (Lipinski definition) is 3. The summed E-state index contributed by atoms with van der Waals surface area (Å²) in [5.41, 5.74) is 8.05. The van der Waals surface area contributed by atoms with Crippen molar-refractivity contribution in [2.75, 3.05) is 0 Å². The van der Waals surface area contributed by atoms with Crippen LogP contribution in [0.25, 0.3) is 5.52 Å². The zero-order chi connectivity index (χ0) is 16.3. The van der Waals surface area contributed by atoms with Crippen molar-refractivity contribution in [1.82, 2.24) is 19.3 Å². The average Bonchev–Trinajstić information content (AvgIpc) is 3.32. The van der Waals surface area contributed by atoms with Crippen molar-refractivity contribution in [3.8, 4) is 0 Å².